The van der Waals surface area contributed by atoms with Gasteiger partial charge in [0.15, 0.2) is 0 Å². The molecule has 0 aliphatic rings. The molecule has 0 radical (unpaired) electrons. The fourth-order valence-electron chi connectivity index (χ4n) is 6.83. The van der Waals surface area contributed by atoms with E-state index in [0.717, 1.165) is 46.2 Å². The van der Waals surface area contributed by atoms with E-state index in [0.29, 0.717) is 18.4 Å². The summed E-state index contributed by atoms with van der Waals surface area (Å²) in [4.78, 5) is 25.8. The summed E-state index contributed by atoms with van der Waals surface area (Å²) >= 11 is 0. The average molecular weight is 719 g/mol. The van der Waals surface area contributed by atoms with Gasteiger partial charge in [0.25, 0.3) is 0 Å². The second kappa shape index (κ2) is 18.8. The van der Waals surface area contributed by atoms with Gasteiger partial charge in [-0.2, -0.15) is 0 Å². The number of aliphatic hydroxyl groups excluding tert-OH is 1. The van der Waals surface area contributed by atoms with Crippen molar-refractivity contribution in [1.29, 1.82) is 0 Å². The van der Waals surface area contributed by atoms with Crippen LogP contribution in [0.4, 0.5) is 0 Å². The topological polar surface area (TPSA) is 82.1 Å². The lowest BCUT2D eigenvalue weighted by atomic mass is 9.80. The van der Waals surface area contributed by atoms with E-state index in [1.165, 1.54) is 12.7 Å². The maximum Gasteiger partial charge on any atom is 0.337 e. The molecule has 1 N–H and O–H groups in total. The van der Waals surface area contributed by atoms with Crippen LogP contribution in [0.2, 0.25) is 0 Å². The fraction of sp³-hybridized carbons (Fsp3) is 0.208. The molecule has 6 nitrogen and oxygen atoms in total. The highest BCUT2D eigenvalue weighted by atomic mass is 16.5. The van der Waals surface area contributed by atoms with Crippen molar-refractivity contribution in [2.45, 2.75) is 44.0 Å². The van der Waals surface area contributed by atoms with E-state index in [9.17, 15) is 14.7 Å². The van der Waals surface area contributed by atoms with Crippen molar-refractivity contribution in [2.75, 3.05) is 13.7 Å². The summed E-state index contributed by atoms with van der Waals surface area (Å²) in [5.74, 6) is -1.82. The number of aliphatic hydroxyl groups is 1. The van der Waals surface area contributed by atoms with E-state index in [4.69, 9.17) is 14.2 Å². The van der Waals surface area contributed by atoms with Crippen LogP contribution in [0.5, 0.6) is 0 Å². The summed E-state index contributed by atoms with van der Waals surface area (Å²) in [6.07, 6.45) is 1.49. The minimum atomic E-state index is -1.06. The molecular formula is C48H46O6. The van der Waals surface area contributed by atoms with E-state index in [1.807, 2.05) is 146 Å². The summed E-state index contributed by atoms with van der Waals surface area (Å²) in [6, 6.07) is 55.3. The van der Waals surface area contributed by atoms with Crippen LogP contribution in [-0.2, 0) is 50.5 Å². The Bertz CT molecular complexity index is 1950. The quantitative estimate of drug-likeness (QED) is 0.0750. The third-order valence-corrected chi connectivity index (χ3v) is 9.81. The molecule has 6 aromatic carbocycles. The summed E-state index contributed by atoms with van der Waals surface area (Å²) in [5.41, 5.74) is 6.41. The Morgan fingerprint density at radius 2 is 1.06 bits per heavy atom. The molecule has 0 aliphatic carbocycles. The molecule has 0 aromatic heterocycles. The molecule has 0 heterocycles. The average Bonchev–Trinajstić information content (AvgIpc) is 3.24. The first kappa shape index (κ1) is 37.9. The summed E-state index contributed by atoms with van der Waals surface area (Å²) in [7, 11) is 1.38. The van der Waals surface area contributed by atoms with Crippen LogP contribution in [-0.4, -0.2) is 36.9 Å². The zero-order valence-electron chi connectivity index (χ0n) is 30.6. The second-order valence-corrected chi connectivity index (χ2v) is 13.4. The van der Waals surface area contributed by atoms with Gasteiger partial charge in [-0.05, 0) is 76.8 Å². The van der Waals surface area contributed by atoms with Crippen LogP contribution < -0.4 is 0 Å². The predicted octanol–water partition coefficient (Wildman–Crippen LogP) is 8.92. The van der Waals surface area contributed by atoms with Crippen LogP contribution >= 0.6 is 0 Å². The molecular weight excluding hydrogens is 673 g/mol. The maximum absolute atomic E-state index is 14.0. The number of methoxy groups -OCH3 is 1. The van der Waals surface area contributed by atoms with Gasteiger partial charge in [0.05, 0.1) is 25.4 Å². The highest BCUT2D eigenvalue weighted by Crippen LogP contribution is 2.41. The molecule has 54 heavy (non-hydrogen) atoms. The number of carbonyl (C=O) groups excluding carboxylic acids is 2. The van der Waals surface area contributed by atoms with Crippen molar-refractivity contribution < 1.29 is 28.9 Å². The molecule has 274 valence electrons. The van der Waals surface area contributed by atoms with Crippen LogP contribution in [0.1, 0.15) is 55.7 Å². The Morgan fingerprint density at radius 3 is 1.59 bits per heavy atom. The third kappa shape index (κ3) is 9.58. The number of carbonyl (C=O) groups is 2. The van der Waals surface area contributed by atoms with Crippen molar-refractivity contribution in [2.24, 2.45) is 5.92 Å². The molecule has 0 saturated carbocycles. The summed E-state index contributed by atoms with van der Waals surface area (Å²) < 4.78 is 17.7. The predicted molar refractivity (Wildman–Crippen MR) is 211 cm³/mol. The van der Waals surface area contributed by atoms with Gasteiger partial charge < -0.3 is 19.3 Å². The van der Waals surface area contributed by atoms with Gasteiger partial charge in [-0.1, -0.05) is 158 Å². The van der Waals surface area contributed by atoms with E-state index >= 15 is 0 Å². The van der Waals surface area contributed by atoms with Crippen molar-refractivity contribution in [3.05, 3.63) is 214 Å². The Morgan fingerprint density at radius 1 is 0.574 bits per heavy atom. The summed E-state index contributed by atoms with van der Waals surface area (Å²) in [5, 5.41) is 11.8. The molecule has 0 fully saturated rings. The van der Waals surface area contributed by atoms with Crippen molar-refractivity contribution in [1.82, 2.24) is 0 Å². The van der Waals surface area contributed by atoms with Gasteiger partial charge in [-0.15, -0.1) is 0 Å². The summed E-state index contributed by atoms with van der Waals surface area (Å²) in [6.45, 7) is 0.0137. The maximum atomic E-state index is 14.0. The fourth-order valence-corrected chi connectivity index (χ4v) is 6.83. The Labute approximate surface area is 318 Å². The van der Waals surface area contributed by atoms with Gasteiger partial charge in [-0.25, -0.2) is 4.79 Å². The monoisotopic (exact) mass is 718 g/mol. The lowest BCUT2D eigenvalue weighted by molar-refractivity contribution is -0.159. The minimum Gasteiger partial charge on any atom is -0.465 e. The molecule has 0 saturated heterocycles. The van der Waals surface area contributed by atoms with Gasteiger partial charge in [-0.3, -0.25) is 4.79 Å². The first-order valence-corrected chi connectivity index (χ1v) is 18.4. The zero-order valence-corrected chi connectivity index (χ0v) is 30.6. The standard InChI is InChI=1S/C48H46O6/c1-52-46(50)40-30-27-36(28-31-40)25-26-37-17-14-18-38(33-37)29-32-45(49)44(47(51)53-34-39-15-6-2-7-16-39)35-54-48(41-19-8-3-9-20-41,42-21-10-4-11-22-42)43-23-12-5-13-24-43/h2-24,27-28,30-31,33,44-45,49H,25-26,29,32,34-35H2,1H3/t44-,45-/m1/s1. The van der Waals surface area contributed by atoms with E-state index in [1.54, 1.807) is 12.1 Å². The number of hydrogen-bond donors (Lipinski definition) is 1. The first-order chi connectivity index (χ1) is 26.5. The Kier molecular flexibility index (Phi) is 13.2. The molecule has 0 unspecified atom stereocenters. The smallest absolute Gasteiger partial charge is 0.337 e. The normalized spacial score (nSPS) is 12.4. The SMILES string of the molecule is COC(=O)c1ccc(CCc2cccc(CC[C@@H](O)[C@@H](COC(c3ccccc3)(c3ccccc3)c3ccccc3)C(=O)OCc3ccccc3)c2)cc1. The highest BCUT2D eigenvalue weighted by molar-refractivity contribution is 5.89. The number of hydrogen-bond acceptors (Lipinski definition) is 6. The number of rotatable bonds is 17. The van der Waals surface area contributed by atoms with Crippen molar-refractivity contribution >= 4 is 11.9 Å². The zero-order chi connectivity index (χ0) is 37.6. The van der Waals surface area contributed by atoms with Crippen LogP contribution in [0.15, 0.2) is 170 Å². The molecule has 0 aliphatic heterocycles. The molecule has 6 aromatic rings. The lowest BCUT2D eigenvalue weighted by Crippen LogP contribution is -2.40. The molecule has 2 atom stereocenters. The number of esters is 2. The number of benzene rings is 6. The van der Waals surface area contributed by atoms with Crippen LogP contribution in [0.25, 0.3) is 0 Å². The molecule has 6 rings (SSSR count). The van der Waals surface area contributed by atoms with Gasteiger partial charge >= 0.3 is 11.9 Å². The largest absolute Gasteiger partial charge is 0.465 e. The van der Waals surface area contributed by atoms with Gasteiger partial charge in [0.1, 0.15) is 18.1 Å². The molecule has 0 spiro atoms. The van der Waals surface area contributed by atoms with Gasteiger partial charge in [0.2, 0.25) is 0 Å². The minimum absolute atomic E-state index is 0.0811. The second-order valence-electron chi connectivity index (χ2n) is 13.4. The van der Waals surface area contributed by atoms with E-state index in [-0.39, 0.29) is 19.2 Å². The van der Waals surface area contributed by atoms with Crippen LogP contribution in [0, 0.1) is 5.92 Å². The molecule has 0 amide bonds. The lowest BCUT2D eigenvalue weighted by Gasteiger charge is -2.37. The van der Waals surface area contributed by atoms with Crippen molar-refractivity contribution in [3.8, 4) is 0 Å². The first-order valence-electron chi connectivity index (χ1n) is 18.4. The molecule has 0 bridgehead atoms. The van der Waals surface area contributed by atoms with Gasteiger partial charge in [0, 0.05) is 0 Å². The molecule has 6 heteroatoms. The Hall–Kier alpha value is -5.82. The third-order valence-electron chi connectivity index (χ3n) is 9.81. The van der Waals surface area contributed by atoms with E-state index < -0.39 is 23.6 Å². The van der Waals surface area contributed by atoms with Crippen molar-refractivity contribution in [3.63, 3.8) is 0 Å². The number of ether oxygens (including phenoxy) is 3. The Balaban J connectivity index is 1.22. The van der Waals surface area contributed by atoms with Crippen LogP contribution in [0.3, 0.4) is 0 Å². The van der Waals surface area contributed by atoms with E-state index in [2.05, 4.69) is 12.1 Å². The highest BCUT2D eigenvalue weighted by Gasteiger charge is 2.40. The number of aryl methyl sites for hydroxylation is 3.